The van der Waals surface area contributed by atoms with Gasteiger partial charge in [0.1, 0.15) is 12.7 Å². The van der Waals surface area contributed by atoms with Gasteiger partial charge in [0.05, 0.1) is 6.54 Å². The molecule has 1 aromatic carbocycles. The van der Waals surface area contributed by atoms with E-state index >= 15 is 0 Å². The van der Waals surface area contributed by atoms with Gasteiger partial charge < -0.3 is 15.2 Å². The van der Waals surface area contributed by atoms with Crippen molar-refractivity contribution < 1.29 is 4.79 Å². The Morgan fingerprint density at radius 1 is 1.21 bits per heavy atom. The normalized spacial score (nSPS) is 15.3. The van der Waals surface area contributed by atoms with Gasteiger partial charge in [0.2, 0.25) is 5.91 Å². The van der Waals surface area contributed by atoms with E-state index in [-0.39, 0.29) is 5.91 Å². The minimum absolute atomic E-state index is 0.204. The van der Waals surface area contributed by atoms with E-state index in [0.717, 1.165) is 43.7 Å². The molecule has 1 saturated heterocycles. The third-order valence-electron chi connectivity index (χ3n) is 4.53. The molecule has 3 aromatic rings. The summed E-state index contributed by atoms with van der Waals surface area (Å²) in [6.07, 6.45) is 7.38. The molecule has 2 N–H and O–H groups in total. The number of nitrogens with one attached hydrogen (secondary N) is 2. The quantitative estimate of drug-likeness (QED) is 0.737. The minimum atomic E-state index is 0.204. The lowest BCUT2D eigenvalue weighted by Gasteiger charge is -2.27. The molecule has 1 amide bonds. The van der Waals surface area contributed by atoms with Gasteiger partial charge in [-0.25, -0.2) is 0 Å². The van der Waals surface area contributed by atoms with E-state index in [1.807, 2.05) is 15.5 Å². The van der Waals surface area contributed by atoms with E-state index in [2.05, 4.69) is 38.8 Å². The van der Waals surface area contributed by atoms with Crippen LogP contribution in [0.5, 0.6) is 0 Å². The van der Waals surface area contributed by atoms with Crippen LogP contribution < -0.4 is 5.32 Å². The molecule has 0 aliphatic carbocycles. The molecule has 0 unspecified atom stereocenters. The molecule has 0 radical (unpaired) electrons. The Morgan fingerprint density at radius 3 is 2.92 bits per heavy atom. The molecule has 24 heavy (non-hydrogen) atoms. The van der Waals surface area contributed by atoms with Crippen molar-refractivity contribution in [1.29, 1.82) is 0 Å². The van der Waals surface area contributed by atoms with E-state index in [1.165, 1.54) is 10.9 Å². The molecule has 7 nitrogen and oxygen atoms in total. The van der Waals surface area contributed by atoms with Gasteiger partial charge in [0, 0.05) is 42.4 Å². The maximum Gasteiger partial charge on any atom is 0.236 e. The van der Waals surface area contributed by atoms with Crippen molar-refractivity contribution in [3.63, 3.8) is 0 Å². The Morgan fingerprint density at radius 2 is 2.08 bits per heavy atom. The first-order valence-corrected chi connectivity index (χ1v) is 8.25. The highest BCUT2D eigenvalue weighted by atomic mass is 16.2. The van der Waals surface area contributed by atoms with Gasteiger partial charge in [-0.1, -0.05) is 0 Å². The Labute approximate surface area is 139 Å². The number of aryl methyl sites for hydroxylation is 1. The molecular weight excluding hydrogens is 304 g/mol. The average molecular weight is 324 g/mol. The van der Waals surface area contributed by atoms with Crippen molar-refractivity contribution in [2.45, 2.75) is 12.8 Å². The molecule has 124 valence electrons. The molecule has 0 bridgehead atoms. The summed E-state index contributed by atoms with van der Waals surface area (Å²) < 4.78 is 1.90. The first-order valence-electron chi connectivity index (χ1n) is 8.25. The van der Waals surface area contributed by atoms with Crippen LogP contribution in [0.1, 0.15) is 12.0 Å². The molecule has 2 aromatic heterocycles. The second kappa shape index (κ2) is 6.45. The molecule has 1 aliphatic heterocycles. The van der Waals surface area contributed by atoms with Crippen molar-refractivity contribution in [2.75, 3.05) is 26.2 Å². The Bertz CT molecular complexity index is 838. The fraction of sp³-hybridized carbons (Fsp3) is 0.353. The number of benzene rings is 1. The number of H-pyrrole nitrogens is 1. The summed E-state index contributed by atoms with van der Waals surface area (Å²) in [5.74, 6) is 0.204. The molecule has 3 heterocycles. The van der Waals surface area contributed by atoms with Gasteiger partial charge in [-0.2, -0.15) is 0 Å². The summed E-state index contributed by atoms with van der Waals surface area (Å²) in [6.45, 7) is 2.99. The standard InChI is InChI=1S/C17H20N6O/c24-17-10-18-5-7-22(17)6-1-2-13-9-19-16-4-3-14(8-15(13)16)23-11-20-21-12-23/h3-4,8-9,11-12,18-19H,1-2,5-7,10H2. The fourth-order valence-electron chi connectivity index (χ4n) is 3.21. The molecule has 0 atom stereocenters. The van der Waals surface area contributed by atoms with E-state index < -0.39 is 0 Å². The van der Waals surface area contributed by atoms with Gasteiger partial charge in [-0.15, -0.1) is 10.2 Å². The van der Waals surface area contributed by atoms with Gasteiger partial charge in [0.15, 0.2) is 0 Å². The molecule has 1 aliphatic rings. The number of nitrogens with zero attached hydrogens (tertiary/aromatic N) is 4. The van der Waals surface area contributed by atoms with Crippen molar-refractivity contribution in [1.82, 2.24) is 30.0 Å². The number of carbonyl (C=O) groups is 1. The van der Waals surface area contributed by atoms with Gasteiger partial charge in [0.25, 0.3) is 0 Å². The first-order chi connectivity index (χ1) is 11.8. The molecule has 0 saturated carbocycles. The Balaban J connectivity index is 1.47. The van der Waals surface area contributed by atoms with Crippen LogP contribution in [-0.4, -0.2) is 56.7 Å². The van der Waals surface area contributed by atoms with Gasteiger partial charge >= 0.3 is 0 Å². The van der Waals surface area contributed by atoms with Crippen LogP contribution in [0.25, 0.3) is 16.6 Å². The van der Waals surface area contributed by atoms with E-state index in [0.29, 0.717) is 6.54 Å². The minimum Gasteiger partial charge on any atom is -0.361 e. The number of rotatable bonds is 5. The highest BCUT2D eigenvalue weighted by Gasteiger charge is 2.16. The van der Waals surface area contributed by atoms with Crippen LogP contribution >= 0.6 is 0 Å². The highest BCUT2D eigenvalue weighted by Crippen LogP contribution is 2.23. The summed E-state index contributed by atoms with van der Waals surface area (Å²) in [4.78, 5) is 17.1. The lowest BCUT2D eigenvalue weighted by atomic mass is 10.1. The number of hydrogen-bond acceptors (Lipinski definition) is 4. The maximum atomic E-state index is 11.8. The third-order valence-corrected chi connectivity index (χ3v) is 4.53. The molecule has 4 rings (SSSR count). The number of fused-ring (bicyclic) bond motifs is 1. The molecule has 7 heteroatoms. The lowest BCUT2D eigenvalue weighted by molar-refractivity contribution is -0.131. The van der Waals surface area contributed by atoms with E-state index in [4.69, 9.17) is 0 Å². The first kappa shape index (κ1) is 14.9. The third kappa shape index (κ3) is 2.90. The smallest absolute Gasteiger partial charge is 0.236 e. The van der Waals surface area contributed by atoms with Crippen LogP contribution in [0.15, 0.2) is 37.1 Å². The van der Waals surface area contributed by atoms with Crippen LogP contribution in [0.2, 0.25) is 0 Å². The number of aromatic nitrogens is 4. The highest BCUT2D eigenvalue weighted by molar-refractivity contribution is 5.85. The topological polar surface area (TPSA) is 78.8 Å². The number of aromatic amines is 1. The van der Waals surface area contributed by atoms with Crippen molar-refractivity contribution in [3.8, 4) is 5.69 Å². The van der Waals surface area contributed by atoms with Gasteiger partial charge in [-0.05, 0) is 36.6 Å². The predicted molar refractivity (Wildman–Crippen MR) is 91.0 cm³/mol. The summed E-state index contributed by atoms with van der Waals surface area (Å²) in [5, 5.41) is 12.0. The van der Waals surface area contributed by atoms with Crippen LogP contribution in [-0.2, 0) is 11.2 Å². The zero-order valence-electron chi connectivity index (χ0n) is 13.4. The molecular formula is C17H20N6O. The van der Waals surface area contributed by atoms with Crippen molar-refractivity contribution in [3.05, 3.63) is 42.6 Å². The fourth-order valence-corrected chi connectivity index (χ4v) is 3.21. The van der Waals surface area contributed by atoms with Gasteiger partial charge in [-0.3, -0.25) is 9.36 Å². The summed E-state index contributed by atoms with van der Waals surface area (Å²) in [7, 11) is 0. The average Bonchev–Trinajstić information content (AvgIpc) is 3.26. The second-order valence-corrected chi connectivity index (χ2v) is 6.07. The Kier molecular flexibility index (Phi) is 4.00. The van der Waals surface area contributed by atoms with Crippen molar-refractivity contribution in [2.24, 2.45) is 0 Å². The van der Waals surface area contributed by atoms with Crippen LogP contribution in [0.4, 0.5) is 0 Å². The number of amides is 1. The lowest BCUT2D eigenvalue weighted by Crippen LogP contribution is -2.48. The zero-order chi connectivity index (χ0) is 16.4. The largest absolute Gasteiger partial charge is 0.361 e. The van der Waals surface area contributed by atoms with Crippen LogP contribution in [0, 0.1) is 0 Å². The van der Waals surface area contributed by atoms with E-state index in [1.54, 1.807) is 12.7 Å². The monoisotopic (exact) mass is 324 g/mol. The Hall–Kier alpha value is -2.67. The summed E-state index contributed by atoms with van der Waals surface area (Å²) in [5.41, 5.74) is 3.45. The number of piperazine rings is 1. The molecule has 1 fully saturated rings. The number of carbonyl (C=O) groups excluding carboxylic acids is 1. The molecule has 0 spiro atoms. The SMILES string of the molecule is O=C1CNCCN1CCCc1c[nH]c2ccc(-n3cnnc3)cc12. The van der Waals surface area contributed by atoms with E-state index in [9.17, 15) is 4.79 Å². The predicted octanol–water partition coefficient (Wildman–Crippen LogP) is 1.11. The van der Waals surface area contributed by atoms with Crippen LogP contribution in [0.3, 0.4) is 0 Å². The summed E-state index contributed by atoms with van der Waals surface area (Å²) in [6, 6.07) is 6.28. The maximum absolute atomic E-state index is 11.8. The zero-order valence-corrected chi connectivity index (χ0v) is 13.4. The van der Waals surface area contributed by atoms with Crippen molar-refractivity contribution >= 4 is 16.8 Å². The second-order valence-electron chi connectivity index (χ2n) is 6.07. The number of hydrogen-bond donors (Lipinski definition) is 2. The summed E-state index contributed by atoms with van der Waals surface area (Å²) >= 11 is 0.